The summed E-state index contributed by atoms with van der Waals surface area (Å²) < 4.78 is 16.1. The van der Waals surface area contributed by atoms with Gasteiger partial charge in [0.25, 0.3) is 5.85 Å². The first-order valence-corrected chi connectivity index (χ1v) is 5.80. The summed E-state index contributed by atoms with van der Waals surface area (Å²) in [5.41, 5.74) is 0.961. The van der Waals surface area contributed by atoms with Crippen molar-refractivity contribution in [2.45, 2.75) is 19.2 Å². The molecule has 14 heavy (non-hydrogen) atoms. The van der Waals surface area contributed by atoms with Gasteiger partial charge in [-0.2, -0.15) is 0 Å². The molecule has 1 aromatic rings. The second-order valence-electron chi connectivity index (χ2n) is 2.87. The normalized spacial score (nSPS) is 13.7. The van der Waals surface area contributed by atoms with Crippen molar-refractivity contribution >= 4 is 8.03 Å². The highest BCUT2D eigenvalue weighted by atomic mass is 31.1. The van der Waals surface area contributed by atoms with Gasteiger partial charge in [0.05, 0.1) is 6.61 Å². The average molecular weight is 213 g/mol. The van der Waals surface area contributed by atoms with Gasteiger partial charge in [0, 0.05) is 6.42 Å². The van der Waals surface area contributed by atoms with Crippen LogP contribution in [0.2, 0.25) is 0 Å². The standard InChI is InChI=1S/C10H14O3P/c1-2-13-14(12)10(11)8-9-6-4-3-5-7-9/h3-7,10-11H,2,8H2,1H3/q+1/t10-/m1/s1. The molecule has 0 saturated heterocycles. The lowest BCUT2D eigenvalue weighted by Crippen LogP contribution is -2.06. The molecule has 0 heterocycles. The third-order valence-corrected chi connectivity index (χ3v) is 2.94. The molecule has 0 aliphatic heterocycles. The minimum atomic E-state index is -1.96. The minimum Gasteiger partial charge on any atom is -0.348 e. The number of hydrogen-bond donors (Lipinski definition) is 1. The Bertz CT molecular complexity index is 287. The maximum Gasteiger partial charge on any atom is 0.540 e. The van der Waals surface area contributed by atoms with Crippen molar-refractivity contribution in [1.29, 1.82) is 0 Å². The molecule has 0 aliphatic rings. The topological polar surface area (TPSA) is 46.5 Å². The van der Waals surface area contributed by atoms with Crippen LogP contribution in [0.1, 0.15) is 12.5 Å². The lowest BCUT2D eigenvalue weighted by atomic mass is 10.2. The molecular formula is C10H14O3P+. The molecule has 0 spiro atoms. The molecule has 2 atom stereocenters. The van der Waals surface area contributed by atoms with E-state index in [-0.39, 0.29) is 0 Å². The van der Waals surface area contributed by atoms with E-state index in [2.05, 4.69) is 0 Å². The zero-order chi connectivity index (χ0) is 10.4. The average Bonchev–Trinajstić information content (AvgIpc) is 2.19. The molecule has 0 saturated carbocycles. The Morgan fingerprint density at radius 3 is 2.64 bits per heavy atom. The SMILES string of the molecule is CCO[P+](=O)[C@@H](O)Cc1ccccc1. The smallest absolute Gasteiger partial charge is 0.348 e. The second-order valence-corrected chi connectivity index (χ2v) is 4.30. The Kier molecular flexibility index (Phi) is 4.74. The maximum absolute atomic E-state index is 11.2. The first kappa shape index (κ1) is 11.3. The summed E-state index contributed by atoms with van der Waals surface area (Å²) in [6.45, 7) is 2.11. The summed E-state index contributed by atoms with van der Waals surface area (Å²) in [5.74, 6) is -0.910. The fraction of sp³-hybridized carbons (Fsp3) is 0.400. The van der Waals surface area contributed by atoms with Gasteiger partial charge in [-0.15, -0.1) is 4.52 Å². The third-order valence-electron chi connectivity index (χ3n) is 1.76. The zero-order valence-electron chi connectivity index (χ0n) is 8.09. The van der Waals surface area contributed by atoms with E-state index in [1.54, 1.807) is 6.92 Å². The van der Waals surface area contributed by atoms with Gasteiger partial charge >= 0.3 is 8.03 Å². The molecule has 1 unspecified atom stereocenters. The summed E-state index contributed by atoms with van der Waals surface area (Å²) in [6.07, 6.45) is 0.371. The highest BCUT2D eigenvalue weighted by molar-refractivity contribution is 7.39. The van der Waals surface area contributed by atoms with Crippen LogP contribution in [-0.4, -0.2) is 17.6 Å². The molecule has 1 aromatic carbocycles. The van der Waals surface area contributed by atoms with Gasteiger partial charge < -0.3 is 5.11 Å². The van der Waals surface area contributed by atoms with Crippen LogP contribution in [0.25, 0.3) is 0 Å². The van der Waals surface area contributed by atoms with Gasteiger partial charge in [-0.05, 0) is 17.1 Å². The largest absolute Gasteiger partial charge is 0.540 e. The van der Waals surface area contributed by atoms with Crippen molar-refractivity contribution in [3.63, 3.8) is 0 Å². The molecule has 1 rings (SSSR count). The fourth-order valence-electron chi connectivity index (χ4n) is 1.11. The van der Waals surface area contributed by atoms with Crippen molar-refractivity contribution in [2.24, 2.45) is 0 Å². The van der Waals surface area contributed by atoms with Crippen molar-refractivity contribution in [3.05, 3.63) is 35.9 Å². The van der Waals surface area contributed by atoms with Crippen LogP contribution in [0.4, 0.5) is 0 Å². The molecule has 0 aliphatic carbocycles. The number of hydrogen-bond acceptors (Lipinski definition) is 3. The zero-order valence-corrected chi connectivity index (χ0v) is 8.98. The molecule has 3 nitrogen and oxygen atoms in total. The summed E-state index contributed by atoms with van der Waals surface area (Å²) in [6, 6.07) is 9.45. The molecule has 1 N–H and O–H groups in total. The third kappa shape index (κ3) is 3.54. The summed E-state index contributed by atoms with van der Waals surface area (Å²) in [7, 11) is -1.96. The van der Waals surface area contributed by atoms with Gasteiger partial charge in [0.15, 0.2) is 0 Å². The van der Waals surface area contributed by atoms with Crippen LogP contribution >= 0.6 is 8.03 Å². The highest BCUT2D eigenvalue weighted by Crippen LogP contribution is 2.29. The Labute approximate surface area is 84.6 Å². The lowest BCUT2D eigenvalue weighted by molar-refractivity contribution is 0.221. The monoisotopic (exact) mass is 213 g/mol. The van der Waals surface area contributed by atoms with Crippen LogP contribution in [-0.2, 0) is 15.5 Å². The Hall–Kier alpha value is -0.760. The van der Waals surface area contributed by atoms with Gasteiger partial charge in [0.2, 0.25) is 0 Å². The van der Waals surface area contributed by atoms with Crippen LogP contribution < -0.4 is 0 Å². The first-order valence-electron chi connectivity index (χ1n) is 4.55. The van der Waals surface area contributed by atoms with Crippen molar-refractivity contribution in [1.82, 2.24) is 0 Å². The van der Waals surface area contributed by atoms with Crippen LogP contribution in [0.5, 0.6) is 0 Å². The fourth-order valence-corrected chi connectivity index (χ4v) is 1.90. The molecule has 76 valence electrons. The van der Waals surface area contributed by atoms with Crippen molar-refractivity contribution < 1.29 is 14.2 Å². The number of rotatable bonds is 5. The highest BCUT2D eigenvalue weighted by Gasteiger charge is 2.29. The molecule has 0 bridgehead atoms. The van der Waals surface area contributed by atoms with Gasteiger partial charge in [-0.3, -0.25) is 0 Å². The molecule has 0 radical (unpaired) electrons. The molecular weight excluding hydrogens is 199 g/mol. The summed E-state index contributed by atoms with van der Waals surface area (Å²) in [4.78, 5) is 0. The van der Waals surface area contributed by atoms with E-state index in [1.165, 1.54) is 0 Å². The number of benzene rings is 1. The van der Waals surface area contributed by atoms with Gasteiger partial charge in [-0.1, -0.05) is 30.3 Å². The predicted molar refractivity (Wildman–Crippen MR) is 55.4 cm³/mol. The Morgan fingerprint density at radius 2 is 2.07 bits per heavy atom. The van der Waals surface area contributed by atoms with E-state index in [0.717, 1.165) is 5.56 Å². The van der Waals surface area contributed by atoms with Gasteiger partial charge in [0.1, 0.15) is 0 Å². The van der Waals surface area contributed by atoms with E-state index in [9.17, 15) is 9.67 Å². The predicted octanol–water partition coefficient (Wildman–Crippen LogP) is 2.33. The first-order chi connectivity index (χ1) is 6.74. The second kappa shape index (κ2) is 5.86. The van der Waals surface area contributed by atoms with E-state index in [0.29, 0.717) is 13.0 Å². The lowest BCUT2D eigenvalue weighted by Gasteiger charge is -1.99. The van der Waals surface area contributed by atoms with E-state index < -0.39 is 13.9 Å². The molecule has 0 amide bonds. The summed E-state index contributed by atoms with van der Waals surface area (Å²) in [5, 5.41) is 9.49. The van der Waals surface area contributed by atoms with Gasteiger partial charge in [-0.25, -0.2) is 0 Å². The van der Waals surface area contributed by atoms with Crippen molar-refractivity contribution in [2.75, 3.05) is 6.61 Å². The quantitative estimate of drug-likeness (QED) is 0.763. The molecule has 0 aromatic heterocycles. The number of aliphatic hydroxyl groups is 1. The van der Waals surface area contributed by atoms with E-state index >= 15 is 0 Å². The molecule has 0 fully saturated rings. The Balaban J connectivity index is 2.49. The minimum absolute atomic E-state index is 0.362. The van der Waals surface area contributed by atoms with Crippen LogP contribution in [0.3, 0.4) is 0 Å². The Morgan fingerprint density at radius 1 is 1.43 bits per heavy atom. The number of aliphatic hydroxyl groups excluding tert-OH is 1. The summed E-state index contributed by atoms with van der Waals surface area (Å²) >= 11 is 0. The maximum atomic E-state index is 11.2. The van der Waals surface area contributed by atoms with E-state index in [1.807, 2.05) is 30.3 Å². The van der Waals surface area contributed by atoms with Crippen molar-refractivity contribution in [3.8, 4) is 0 Å². The van der Waals surface area contributed by atoms with E-state index in [4.69, 9.17) is 4.52 Å². The van der Waals surface area contributed by atoms with Crippen LogP contribution in [0.15, 0.2) is 30.3 Å². The van der Waals surface area contributed by atoms with Crippen LogP contribution in [0, 0.1) is 0 Å². The molecule has 4 heteroatoms.